The molecule has 0 bridgehead atoms. The summed E-state index contributed by atoms with van der Waals surface area (Å²) < 4.78 is 13.4. The Morgan fingerprint density at radius 3 is 2.00 bits per heavy atom. The standard InChI is InChI=1S/C10H16O6/c1-10(2,3)9(13)16-6-15-8(12)5-7(11)14-4/h5-6H2,1-4H3. The Morgan fingerprint density at radius 2 is 1.56 bits per heavy atom. The molecule has 0 N–H and O–H groups in total. The summed E-state index contributed by atoms with van der Waals surface area (Å²) in [5, 5.41) is 0. The van der Waals surface area contributed by atoms with Gasteiger partial charge in [0.25, 0.3) is 0 Å². The van der Waals surface area contributed by atoms with Crippen molar-refractivity contribution in [3.8, 4) is 0 Å². The van der Waals surface area contributed by atoms with E-state index in [2.05, 4.69) is 14.2 Å². The van der Waals surface area contributed by atoms with Crippen LogP contribution >= 0.6 is 0 Å². The summed E-state index contributed by atoms with van der Waals surface area (Å²) in [4.78, 5) is 32.8. The largest absolute Gasteiger partial charge is 0.469 e. The lowest BCUT2D eigenvalue weighted by atomic mass is 9.98. The molecule has 0 amide bonds. The molecule has 16 heavy (non-hydrogen) atoms. The predicted octanol–water partition coefficient (Wildman–Crippen LogP) is 0.639. The molecule has 0 aromatic carbocycles. The van der Waals surface area contributed by atoms with Crippen LogP contribution in [0, 0.1) is 5.41 Å². The molecule has 0 aliphatic rings. The lowest BCUT2D eigenvalue weighted by Crippen LogP contribution is -2.25. The van der Waals surface area contributed by atoms with Crippen molar-refractivity contribution in [2.24, 2.45) is 5.41 Å². The first-order chi connectivity index (χ1) is 7.27. The molecule has 0 atom stereocenters. The first kappa shape index (κ1) is 14.4. The van der Waals surface area contributed by atoms with Crippen molar-refractivity contribution >= 4 is 17.9 Å². The van der Waals surface area contributed by atoms with Crippen LogP contribution in [0.2, 0.25) is 0 Å². The molecule has 0 radical (unpaired) electrons. The Bertz CT molecular complexity index is 276. The Hall–Kier alpha value is -1.59. The smallest absolute Gasteiger partial charge is 0.320 e. The first-order valence-electron chi connectivity index (χ1n) is 4.67. The van der Waals surface area contributed by atoms with Gasteiger partial charge < -0.3 is 14.2 Å². The molecule has 0 unspecified atom stereocenters. The number of carbonyl (C=O) groups excluding carboxylic acids is 3. The average Bonchev–Trinajstić information content (AvgIpc) is 2.15. The second-order valence-corrected chi connectivity index (χ2v) is 4.07. The molecule has 0 aromatic rings. The summed E-state index contributed by atoms with van der Waals surface area (Å²) in [5.41, 5.74) is -0.658. The van der Waals surface area contributed by atoms with E-state index in [1.54, 1.807) is 20.8 Å². The number of hydrogen-bond donors (Lipinski definition) is 0. The van der Waals surface area contributed by atoms with E-state index in [-0.39, 0.29) is 0 Å². The fourth-order valence-corrected chi connectivity index (χ4v) is 0.606. The first-order valence-corrected chi connectivity index (χ1v) is 4.67. The molecule has 0 spiro atoms. The Morgan fingerprint density at radius 1 is 1.00 bits per heavy atom. The van der Waals surface area contributed by atoms with Crippen molar-refractivity contribution < 1.29 is 28.6 Å². The third kappa shape index (κ3) is 6.00. The van der Waals surface area contributed by atoms with Crippen LogP contribution in [0.5, 0.6) is 0 Å². The monoisotopic (exact) mass is 232 g/mol. The van der Waals surface area contributed by atoms with Crippen LogP contribution < -0.4 is 0 Å². The zero-order chi connectivity index (χ0) is 12.8. The van der Waals surface area contributed by atoms with Gasteiger partial charge >= 0.3 is 17.9 Å². The normalized spacial score (nSPS) is 10.5. The minimum atomic E-state index is -0.798. The van der Waals surface area contributed by atoms with Crippen molar-refractivity contribution in [1.82, 2.24) is 0 Å². The van der Waals surface area contributed by atoms with Gasteiger partial charge in [0.15, 0.2) is 0 Å². The molecule has 0 aliphatic carbocycles. The van der Waals surface area contributed by atoms with Crippen LogP contribution in [0.4, 0.5) is 0 Å². The molecular formula is C10H16O6. The van der Waals surface area contributed by atoms with Crippen LogP contribution in [0.15, 0.2) is 0 Å². The van der Waals surface area contributed by atoms with E-state index in [9.17, 15) is 14.4 Å². The fraction of sp³-hybridized carbons (Fsp3) is 0.700. The highest BCUT2D eigenvalue weighted by Crippen LogP contribution is 2.14. The van der Waals surface area contributed by atoms with Crippen LogP contribution in [0.25, 0.3) is 0 Å². The van der Waals surface area contributed by atoms with Crippen molar-refractivity contribution in [3.63, 3.8) is 0 Å². The van der Waals surface area contributed by atoms with E-state index < -0.39 is 36.5 Å². The summed E-state index contributed by atoms with van der Waals surface area (Å²) in [7, 11) is 1.16. The maximum atomic E-state index is 11.2. The number of carbonyl (C=O) groups is 3. The van der Waals surface area contributed by atoms with Gasteiger partial charge in [-0.25, -0.2) is 0 Å². The highest BCUT2D eigenvalue weighted by Gasteiger charge is 2.23. The minimum absolute atomic E-state index is 0.488. The lowest BCUT2D eigenvalue weighted by Gasteiger charge is -2.16. The summed E-state index contributed by atoms with van der Waals surface area (Å²) in [6, 6.07) is 0. The van der Waals surface area contributed by atoms with E-state index in [1.807, 2.05) is 0 Å². The molecule has 6 heteroatoms. The van der Waals surface area contributed by atoms with Crippen LogP contribution in [-0.4, -0.2) is 31.8 Å². The Labute approximate surface area is 93.8 Å². The summed E-state index contributed by atoms with van der Waals surface area (Å²) in [6.45, 7) is 4.52. The molecule has 0 saturated carbocycles. The number of esters is 3. The summed E-state index contributed by atoms with van der Waals surface area (Å²) >= 11 is 0. The highest BCUT2D eigenvalue weighted by atomic mass is 16.7. The molecule has 0 aromatic heterocycles. The van der Waals surface area contributed by atoms with E-state index in [0.717, 1.165) is 7.11 Å². The van der Waals surface area contributed by atoms with E-state index in [0.29, 0.717) is 0 Å². The van der Waals surface area contributed by atoms with E-state index in [4.69, 9.17) is 0 Å². The summed E-state index contributed by atoms with van der Waals surface area (Å²) in [5.74, 6) is -1.99. The van der Waals surface area contributed by atoms with Crippen molar-refractivity contribution in [3.05, 3.63) is 0 Å². The molecule has 0 rings (SSSR count). The van der Waals surface area contributed by atoms with Gasteiger partial charge in [-0.15, -0.1) is 0 Å². The quantitative estimate of drug-likeness (QED) is 0.402. The molecule has 0 aliphatic heterocycles. The second kappa shape index (κ2) is 6.09. The van der Waals surface area contributed by atoms with Crippen LogP contribution in [0.3, 0.4) is 0 Å². The van der Waals surface area contributed by atoms with Crippen molar-refractivity contribution in [2.75, 3.05) is 13.9 Å². The SMILES string of the molecule is COC(=O)CC(=O)OCOC(=O)C(C)(C)C. The third-order valence-corrected chi connectivity index (χ3v) is 1.54. The maximum absolute atomic E-state index is 11.2. The molecule has 6 nitrogen and oxygen atoms in total. The van der Waals surface area contributed by atoms with Gasteiger partial charge in [0.1, 0.15) is 6.42 Å². The van der Waals surface area contributed by atoms with E-state index in [1.165, 1.54) is 0 Å². The molecule has 0 fully saturated rings. The van der Waals surface area contributed by atoms with Gasteiger partial charge in [-0.3, -0.25) is 14.4 Å². The zero-order valence-electron chi connectivity index (χ0n) is 9.86. The topological polar surface area (TPSA) is 78.9 Å². The van der Waals surface area contributed by atoms with Gasteiger partial charge in [0.05, 0.1) is 12.5 Å². The fourth-order valence-electron chi connectivity index (χ4n) is 0.606. The molecular weight excluding hydrogens is 216 g/mol. The number of rotatable bonds is 4. The number of ether oxygens (including phenoxy) is 3. The predicted molar refractivity (Wildman–Crippen MR) is 53.1 cm³/mol. The minimum Gasteiger partial charge on any atom is -0.469 e. The van der Waals surface area contributed by atoms with Gasteiger partial charge in [-0.05, 0) is 20.8 Å². The van der Waals surface area contributed by atoms with Crippen molar-refractivity contribution in [1.29, 1.82) is 0 Å². The molecule has 0 saturated heterocycles. The van der Waals surface area contributed by atoms with Gasteiger partial charge in [0.2, 0.25) is 6.79 Å². The van der Waals surface area contributed by atoms with Gasteiger partial charge in [-0.2, -0.15) is 0 Å². The molecule has 0 heterocycles. The average molecular weight is 232 g/mol. The van der Waals surface area contributed by atoms with E-state index >= 15 is 0 Å². The van der Waals surface area contributed by atoms with Crippen LogP contribution in [-0.2, 0) is 28.6 Å². The van der Waals surface area contributed by atoms with Crippen LogP contribution in [0.1, 0.15) is 27.2 Å². The van der Waals surface area contributed by atoms with Crippen molar-refractivity contribution in [2.45, 2.75) is 27.2 Å². The zero-order valence-corrected chi connectivity index (χ0v) is 9.86. The number of methoxy groups -OCH3 is 1. The van der Waals surface area contributed by atoms with Gasteiger partial charge in [0, 0.05) is 0 Å². The summed E-state index contributed by atoms with van der Waals surface area (Å²) in [6.07, 6.45) is -0.496. The Balaban J connectivity index is 3.79. The third-order valence-electron chi connectivity index (χ3n) is 1.54. The Kier molecular flexibility index (Phi) is 5.49. The molecule has 92 valence electrons. The highest BCUT2D eigenvalue weighted by molar-refractivity contribution is 5.91. The van der Waals surface area contributed by atoms with Gasteiger partial charge in [-0.1, -0.05) is 0 Å². The maximum Gasteiger partial charge on any atom is 0.320 e. The number of hydrogen-bond acceptors (Lipinski definition) is 6. The second-order valence-electron chi connectivity index (χ2n) is 4.07. The lowest BCUT2D eigenvalue weighted by molar-refractivity contribution is -0.174.